The number of rotatable bonds is 6. The van der Waals surface area contributed by atoms with E-state index in [1.54, 1.807) is 29.9 Å². The second kappa shape index (κ2) is 11.4. The number of halogens is 1. The smallest absolute Gasteiger partial charge is 0.263 e. The topological polar surface area (TPSA) is 73.2 Å². The summed E-state index contributed by atoms with van der Waals surface area (Å²) < 4.78 is 6.92. The molecule has 2 aliphatic rings. The van der Waals surface area contributed by atoms with Crippen LogP contribution in [0, 0.1) is 6.92 Å². The summed E-state index contributed by atoms with van der Waals surface area (Å²) in [7, 11) is 1.55. The molecule has 0 atom stereocenters. The summed E-state index contributed by atoms with van der Waals surface area (Å²) in [5.41, 5.74) is 6.06. The predicted molar refractivity (Wildman–Crippen MR) is 166 cm³/mol. The van der Waals surface area contributed by atoms with Crippen molar-refractivity contribution in [3.05, 3.63) is 98.8 Å². The number of fused-ring (bicyclic) bond motifs is 4. The average Bonchev–Trinajstić information content (AvgIpc) is 2.97. The van der Waals surface area contributed by atoms with Gasteiger partial charge in [0, 0.05) is 16.7 Å². The minimum Gasteiger partial charge on any atom is -0.495 e. The minimum absolute atomic E-state index is 0.0277. The van der Waals surface area contributed by atoms with E-state index in [2.05, 4.69) is 23.5 Å². The zero-order valence-electron chi connectivity index (χ0n) is 23.2. The Balaban J connectivity index is 1.42. The van der Waals surface area contributed by atoms with Crippen LogP contribution in [0.25, 0.3) is 16.9 Å². The monoisotopic (exact) mass is 585 g/mol. The highest BCUT2D eigenvalue weighted by Gasteiger charge is 2.43. The van der Waals surface area contributed by atoms with Gasteiger partial charge in [0.05, 0.1) is 34.8 Å². The number of anilines is 1. The zero-order valence-corrected chi connectivity index (χ0v) is 24.8. The number of benzene rings is 3. The van der Waals surface area contributed by atoms with Gasteiger partial charge in [-0.15, -0.1) is 0 Å². The van der Waals surface area contributed by atoms with Crippen LogP contribution in [0.1, 0.15) is 48.8 Å². The molecule has 210 valence electrons. The molecule has 1 saturated carbocycles. The van der Waals surface area contributed by atoms with Gasteiger partial charge in [-0.25, -0.2) is 4.98 Å². The van der Waals surface area contributed by atoms with Gasteiger partial charge in [-0.05, 0) is 62.1 Å². The quantitative estimate of drug-likeness (QED) is 0.189. The number of thioether (sulfide) groups is 1. The van der Waals surface area contributed by atoms with Crippen LogP contribution < -0.4 is 15.6 Å². The first-order chi connectivity index (χ1) is 19.9. The maximum atomic E-state index is 14.6. The molecule has 41 heavy (non-hydrogen) atoms. The van der Waals surface area contributed by atoms with Crippen LogP contribution in [-0.2, 0) is 16.6 Å². The van der Waals surface area contributed by atoms with E-state index in [1.807, 2.05) is 37.3 Å². The van der Waals surface area contributed by atoms with Crippen molar-refractivity contribution in [1.29, 1.82) is 0 Å². The summed E-state index contributed by atoms with van der Waals surface area (Å²) in [6, 6.07) is 21.3. The number of aromatic nitrogens is 2. The lowest BCUT2D eigenvalue weighted by Crippen LogP contribution is -2.43. The van der Waals surface area contributed by atoms with Crippen LogP contribution in [0.3, 0.4) is 0 Å². The van der Waals surface area contributed by atoms with E-state index in [9.17, 15) is 9.59 Å². The van der Waals surface area contributed by atoms with Gasteiger partial charge >= 0.3 is 0 Å². The largest absolute Gasteiger partial charge is 0.495 e. The first kappa shape index (κ1) is 27.6. The molecule has 4 aromatic rings. The van der Waals surface area contributed by atoms with E-state index in [4.69, 9.17) is 21.3 Å². The van der Waals surface area contributed by atoms with Crippen LogP contribution in [0.4, 0.5) is 5.69 Å². The van der Waals surface area contributed by atoms with Crippen molar-refractivity contribution < 1.29 is 9.53 Å². The fourth-order valence-electron chi connectivity index (χ4n) is 6.28. The number of amides is 1. The van der Waals surface area contributed by atoms with E-state index in [0.29, 0.717) is 21.6 Å². The molecule has 8 heteroatoms. The fraction of sp³-hybridized carbons (Fsp3) is 0.303. The van der Waals surface area contributed by atoms with Crippen LogP contribution in [0.2, 0.25) is 5.02 Å². The highest BCUT2D eigenvalue weighted by atomic mass is 35.5. The Morgan fingerprint density at radius 1 is 1.07 bits per heavy atom. The van der Waals surface area contributed by atoms with E-state index in [0.717, 1.165) is 60.2 Å². The van der Waals surface area contributed by atoms with Crippen molar-refractivity contribution in [3.8, 4) is 22.7 Å². The summed E-state index contributed by atoms with van der Waals surface area (Å²) in [5.74, 6) is 0.395. The molecule has 1 fully saturated rings. The lowest BCUT2D eigenvalue weighted by atomic mass is 9.62. The third-order valence-corrected chi connectivity index (χ3v) is 9.49. The molecule has 1 aromatic heterocycles. The molecule has 2 aliphatic carbocycles. The van der Waals surface area contributed by atoms with E-state index in [1.165, 1.54) is 23.7 Å². The third kappa shape index (κ3) is 5.29. The Labute approximate surface area is 249 Å². The molecule has 1 N–H and O–H groups in total. The summed E-state index contributed by atoms with van der Waals surface area (Å²) in [6.07, 6.45) is 6.24. The molecule has 1 amide bonds. The van der Waals surface area contributed by atoms with Gasteiger partial charge in [0.25, 0.3) is 5.56 Å². The number of carbonyl (C=O) groups excluding carboxylic acids is 1. The number of aryl methyl sites for hydroxylation is 1. The van der Waals surface area contributed by atoms with Crippen LogP contribution in [-0.4, -0.2) is 28.3 Å². The minimum atomic E-state index is -0.220. The molecule has 0 radical (unpaired) electrons. The van der Waals surface area contributed by atoms with Gasteiger partial charge in [0.2, 0.25) is 5.91 Å². The van der Waals surface area contributed by atoms with Crippen LogP contribution in [0.5, 0.6) is 5.75 Å². The maximum absolute atomic E-state index is 14.6. The molecule has 0 unspecified atom stereocenters. The van der Waals surface area contributed by atoms with Crippen molar-refractivity contribution in [1.82, 2.24) is 9.55 Å². The van der Waals surface area contributed by atoms with Gasteiger partial charge in [0.15, 0.2) is 5.16 Å². The van der Waals surface area contributed by atoms with Gasteiger partial charge in [0.1, 0.15) is 5.75 Å². The molecular weight excluding hydrogens is 554 g/mol. The van der Waals surface area contributed by atoms with Crippen LogP contribution in [0.15, 0.2) is 76.7 Å². The number of carbonyl (C=O) groups is 1. The summed E-state index contributed by atoms with van der Waals surface area (Å²) in [6.45, 7) is 2.02. The number of ether oxygens (including phenoxy) is 1. The summed E-state index contributed by atoms with van der Waals surface area (Å²) >= 11 is 7.51. The molecule has 0 saturated heterocycles. The molecule has 6 rings (SSSR count). The van der Waals surface area contributed by atoms with E-state index >= 15 is 0 Å². The fourth-order valence-corrected chi connectivity index (χ4v) is 7.34. The molecule has 1 heterocycles. The number of nitrogens with one attached hydrogen (secondary N) is 1. The highest BCUT2D eigenvalue weighted by Crippen LogP contribution is 2.49. The SMILES string of the molecule is COc1ccc(NC(=O)CSc2nc3c(c(=O)n2-c2ccc(C)cc2)C2(CCCCC2)Cc2ccccc2-3)cc1Cl. The molecule has 0 aliphatic heterocycles. The Morgan fingerprint density at radius 3 is 2.56 bits per heavy atom. The number of methoxy groups -OCH3 is 1. The van der Waals surface area contributed by atoms with E-state index < -0.39 is 0 Å². The third-order valence-electron chi connectivity index (χ3n) is 8.25. The summed E-state index contributed by atoms with van der Waals surface area (Å²) in [5, 5.41) is 3.81. The molecule has 3 aromatic carbocycles. The van der Waals surface area contributed by atoms with Gasteiger partial charge < -0.3 is 10.1 Å². The van der Waals surface area contributed by atoms with Crippen molar-refractivity contribution >= 4 is 35.0 Å². The second-order valence-corrected chi connectivity index (χ2v) is 12.3. The molecule has 6 nitrogen and oxygen atoms in total. The van der Waals surface area contributed by atoms with Gasteiger partial charge in [-0.2, -0.15) is 0 Å². The maximum Gasteiger partial charge on any atom is 0.263 e. The van der Waals surface area contributed by atoms with Crippen molar-refractivity contribution in [2.75, 3.05) is 18.2 Å². The first-order valence-electron chi connectivity index (χ1n) is 14.0. The molecular formula is C33H32ClN3O3S. The Hall–Kier alpha value is -3.55. The summed E-state index contributed by atoms with van der Waals surface area (Å²) in [4.78, 5) is 32.8. The van der Waals surface area contributed by atoms with Gasteiger partial charge in [-0.1, -0.05) is 84.6 Å². The van der Waals surface area contributed by atoms with Crippen molar-refractivity contribution in [3.63, 3.8) is 0 Å². The standard InChI is InChI=1S/C33H32ClN3O3S/c1-21-10-13-24(14-11-21)37-31(39)29-30(25-9-5-4-8-22(25)19-33(29)16-6-3-7-17-33)36-32(37)41-20-28(38)35-23-12-15-27(40-2)26(34)18-23/h4-5,8-15,18H,3,6-7,16-17,19-20H2,1-2H3,(H,35,38). The molecule has 0 bridgehead atoms. The zero-order chi connectivity index (χ0) is 28.6. The number of nitrogens with zero attached hydrogens (tertiary/aromatic N) is 2. The Morgan fingerprint density at radius 2 is 1.83 bits per heavy atom. The first-order valence-corrected chi connectivity index (χ1v) is 15.3. The highest BCUT2D eigenvalue weighted by molar-refractivity contribution is 7.99. The Bertz CT molecular complexity index is 1680. The molecule has 1 spiro atoms. The number of hydrogen-bond acceptors (Lipinski definition) is 5. The van der Waals surface area contributed by atoms with Crippen molar-refractivity contribution in [2.24, 2.45) is 0 Å². The number of hydrogen-bond donors (Lipinski definition) is 1. The normalized spacial score (nSPS) is 15.2. The lowest BCUT2D eigenvalue weighted by molar-refractivity contribution is -0.113. The lowest BCUT2D eigenvalue weighted by Gasteiger charge is -2.42. The van der Waals surface area contributed by atoms with Crippen LogP contribution >= 0.6 is 23.4 Å². The van der Waals surface area contributed by atoms with Crippen molar-refractivity contribution in [2.45, 2.75) is 56.0 Å². The second-order valence-electron chi connectivity index (χ2n) is 11.0. The Kier molecular flexibility index (Phi) is 7.66. The van der Waals surface area contributed by atoms with E-state index in [-0.39, 0.29) is 22.6 Å². The average molecular weight is 586 g/mol. The van der Waals surface area contributed by atoms with Gasteiger partial charge in [-0.3, -0.25) is 14.2 Å². The predicted octanol–water partition coefficient (Wildman–Crippen LogP) is 7.36.